The van der Waals surface area contributed by atoms with Crippen molar-refractivity contribution in [3.05, 3.63) is 40.5 Å². The average Bonchev–Trinajstić information content (AvgIpc) is 2.40. The van der Waals surface area contributed by atoms with E-state index < -0.39 is 0 Å². The molecule has 2 aromatic rings. The van der Waals surface area contributed by atoms with Crippen LogP contribution in [0.2, 0.25) is 0 Å². The van der Waals surface area contributed by atoms with Crippen LogP contribution in [-0.4, -0.2) is 17.1 Å². The fourth-order valence-corrected chi connectivity index (χ4v) is 2.02. The summed E-state index contributed by atoms with van der Waals surface area (Å²) < 4.78 is 19.5. The quantitative estimate of drug-likeness (QED) is 0.845. The molecule has 0 amide bonds. The number of halogens is 2. The number of nitrogens with zero attached hydrogens (tertiary/aromatic N) is 2. The summed E-state index contributed by atoms with van der Waals surface area (Å²) in [5.41, 5.74) is 0.310. The molecule has 0 atom stereocenters. The van der Waals surface area contributed by atoms with Gasteiger partial charge in [-0.05, 0) is 28.1 Å². The molecule has 20 heavy (non-hydrogen) atoms. The van der Waals surface area contributed by atoms with Crippen LogP contribution in [0.5, 0.6) is 5.75 Å². The zero-order chi connectivity index (χ0) is 14.7. The zero-order valence-corrected chi connectivity index (χ0v) is 13.0. The molecule has 4 nitrogen and oxygen atoms in total. The van der Waals surface area contributed by atoms with Gasteiger partial charge in [0.2, 0.25) is 0 Å². The highest BCUT2D eigenvalue weighted by Gasteiger charge is 2.09. The maximum Gasteiger partial charge on any atom is 0.146 e. The van der Waals surface area contributed by atoms with Gasteiger partial charge >= 0.3 is 0 Å². The van der Waals surface area contributed by atoms with E-state index in [9.17, 15) is 4.39 Å². The fraction of sp³-hybridized carbons (Fsp3) is 0.286. The van der Waals surface area contributed by atoms with E-state index in [1.54, 1.807) is 18.2 Å². The molecule has 6 heteroatoms. The van der Waals surface area contributed by atoms with Gasteiger partial charge in [0, 0.05) is 18.1 Å². The third kappa shape index (κ3) is 3.45. The van der Waals surface area contributed by atoms with E-state index in [1.807, 2.05) is 13.8 Å². The Hall–Kier alpha value is -1.69. The van der Waals surface area contributed by atoms with E-state index in [2.05, 4.69) is 31.2 Å². The summed E-state index contributed by atoms with van der Waals surface area (Å²) >= 11 is 3.33. The van der Waals surface area contributed by atoms with E-state index in [4.69, 9.17) is 4.74 Å². The van der Waals surface area contributed by atoms with Crippen LogP contribution in [0.15, 0.2) is 28.9 Å². The molecule has 0 spiro atoms. The molecule has 2 rings (SSSR count). The lowest BCUT2D eigenvalue weighted by Crippen LogP contribution is -2.03. The molecule has 0 aliphatic carbocycles. The summed E-state index contributed by atoms with van der Waals surface area (Å²) in [5, 5.41) is 2.95. The van der Waals surface area contributed by atoms with Crippen molar-refractivity contribution in [3.8, 4) is 5.75 Å². The number of benzene rings is 1. The second kappa shape index (κ2) is 6.17. The van der Waals surface area contributed by atoms with E-state index in [0.717, 1.165) is 0 Å². The highest BCUT2D eigenvalue weighted by Crippen LogP contribution is 2.25. The largest absolute Gasteiger partial charge is 0.497 e. The van der Waals surface area contributed by atoms with Gasteiger partial charge in [-0.2, -0.15) is 0 Å². The first-order chi connectivity index (χ1) is 9.49. The SMILES string of the molecule is COc1ccc(F)c(Nc2cc(Br)nc(C(C)C)n2)c1. The van der Waals surface area contributed by atoms with Crippen LogP contribution in [0.4, 0.5) is 15.9 Å². The Morgan fingerprint density at radius 1 is 1.25 bits per heavy atom. The third-order valence-electron chi connectivity index (χ3n) is 2.66. The Labute approximate surface area is 125 Å². The monoisotopic (exact) mass is 339 g/mol. The van der Waals surface area contributed by atoms with Crippen molar-refractivity contribution in [1.29, 1.82) is 0 Å². The molecule has 0 radical (unpaired) electrons. The third-order valence-corrected chi connectivity index (χ3v) is 3.07. The number of hydrogen-bond donors (Lipinski definition) is 1. The molecule has 0 unspecified atom stereocenters. The van der Waals surface area contributed by atoms with Crippen molar-refractivity contribution in [3.63, 3.8) is 0 Å². The Morgan fingerprint density at radius 2 is 2.00 bits per heavy atom. The molecule has 0 aliphatic rings. The summed E-state index contributed by atoms with van der Waals surface area (Å²) in [7, 11) is 1.54. The van der Waals surface area contributed by atoms with E-state index in [1.165, 1.54) is 13.2 Å². The van der Waals surface area contributed by atoms with Gasteiger partial charge in [-0.3, -0.25) is 0 Å². The molecular formula is C14H15BrFN3O. The maximum atomic E-state index is 13.8. The first-order valence-electron chi connectivity index (χ1n) is 6.14. The Balaban J connectivity index is 2.34. The number of ether oxygens (including phenoxy) is 1. The molecule has 1 heterocycles. The van der Waals surface area contributed by atoms with Gasteiger partial charge in [0.25, 0.3) is 0 Å². The predicted octanol–water partition coefficient (Wildman–Crippen LogP) is 4.25. The standard InChI is InChI=1S/C14H15BrFN3O/c1-8(2)14-18-12(15)7-13(19-14)17-11-6-9(20-3)4-5-10(11)16/h4-8H,1-3H3,(H,17,18,19). The number of aromatic nitrogens is 2. The predicted molar refractivity (Wildman–Crippen MR) is 80.1 cm³/mol. The highest BCUT2D eigenvalue weighted by molar-refractivity contribution is 9.10. The Morgan fingerprint density at radius 3 is 2.65 bits per heavy atom. The molecule has 1 N–H and O–H groups in total. The van der Waals surface area contributed by atoms with Crippen molar-refractivity contribution in [1.82, 2.24) is 9.97 Å². The van der Waals surface area contributed by atoms with Crippen LogP contribution in [-0.2, 0) is 0 Å². The van der Waals surface area contributed by atoms with Crippen LogP contribution in [0.3, 0.4) is 0 Å². The summed E-state index contributed by atoms with van der Waals surface area (Å²) in [6.45, 7) is 4.00. The number of anilines is 2. The van der Waals surface area contributed by atoms with Crippen LogP contribution >= 0.6 is 15.9 Å². The maximum absolute atomic E-state index is 13.8. The highest BCUT2D eigenvalue weighted by atomic mass is 79.9. The summed E-state index contributed by atoms with van der Waals surface area (Å²) in [6.07, 6.45) is 0. The van der Waals surface area contributed by atoms with Gasteiger partial charge < -0.3 is 10.1 Å². The molecule has 1 aromatic heterocycles. The summed E-state index contributed by atoms with van der Waals surface area (Å²) in [4.78, 5) is 8.64. The molecule has 0 saturated carbocycles. The van der Waals surface area contributed by atoms with E-state index >= 15 is 0 Å². The lowest BCUT2D eigenvalue weighted by molar-refractivity contribution is 0.414. The minimum atomic E-state index is -0.369. The lowest BCUT2D eigenvalue weighted by Gasteiger charge is -2.11. The van der Waals surface area contributed by atoms with Gasteiger partial charge in [0.15, 0.2) is 0 Å². The first kappa shape index (κ1) is 14.7. The van der Waals surface area contributed by atoms with Gasteiger partial charge in [0.05, 0.1) is 12.8 Å². The lowest BCUT2D eigenvalue weighted by atomic mass is 10.2. The topological polar surface area (TPSA) is 47.0 Å². The fourth-order valence-electron chi connectivity index (χ4n) is 1.62. The molecule has 106 valence electrons. The molecule has 0 saturated heterocycles. The second-order valence-corrected chi connectivity index (χ2v) is 5.37. The van der Waals surface area contributed by atoms with Gasteiger partial charge in [-0.1, -0.05) is 13.8 Å². The second-order valence-electron chi connectivity index (χ2n) is 4.56. The van der Waals surface area contributed by atoms with Crippen LogP contribution in [0, 0.1) is 5.82 Å². The smallest absolute Gasteiger partial charge is 0.146 e. The van der Waals surface area contributed by atoms with Gasteiger partial charge in [0.1, 0.15) is 27.8 Å². The Bertz CT molecular complexity index is 619. The van der Waals surface area contributed by atoms with Crippen LogP contribution in [0.25, 0.3) is 0 Å². The minimum Gasteiger partial charge on any atom is -0.497 e. The number of rotatable bonds is 4. The van der Waals surface area contributed by atoms with Crippen molar-refractivity contribution in [2.75, 3.05) is 12.4 Å². The zero-order valence-electron chi connectivity index (χ0n) is 11.4. The Kier molecular flexibility index (Phi) is 4.54. The molecule has 0 aliphatic heterocycles. The van der Waals surface area contributed by atoms with Crippen molar-refractivity contribution >= 4 is 27.4 Å². The molecule has 1 aromatic carbocycles. The van der Waals surface area contributed by atoms with Crippen molar-refractivity contribution in [2.45, 2.75) is 19.8 Å². The van der Waals surface area contributed by atoms with E-state index in [0.29, 0.717) is 27.7 Å². The van der Waals surface area contributed by atoms with Crippen LogP contribution < -0.4 is 10.1 Å². The van der Waals surface area contributed by atoms with E-state index in [-0.39, 0.29) is 11.7 Å². The number of hydrogen-bond acceptors (Lipinski definition) is 4. The summed E-state index contributed by atoms with van der Waals surface area (Å²) in [6, 6.07) is 6.20. The molecular weight excluding hydrogens is 325 g/mol. The van der Waals surface area contributed by atoms with Crippen molar-refractivity contribution in [2.24, 2.45) is 0 Å². The number of nitrogens with one attached hydrogen (secondary N) is 1. The number of methoxy groups -OCH3 is 1. The average molecular weight is 340 g/mol. The van der Waals surface area contributed by atoms with Crippen LogP contribution in [0.1, 0.15) is 25.6 Å². The minimum absolute atomic E-state index is 0.184. The van der Waals surface area contributed by atoms with Gasteiger partial charge in [-0.15, -0.1) is 0 Å². The molecule has 0 fully saturated rings. The first-order valence-corrected chi connectivity index (χ1v) is 6.94. The summed E-state index contributed by atoms with van der Waals surface area (Å²) in [5.74, 6) is 1.61. The normalized spacial score (nSPS) is 10.7. The molecule has 0 bridgehead atoms. The van der Waals surface area contributed by atoms with Crippen molar-refractivity contribution < 1.29 is 9.13 Å². The van der Waals surface area contributed by atoms with Gasteiger partial charge in [-0.25, -0.2) is 14.4 Å².